The second-order valence-corrected chi connectivity index (χ2v) is 7.07. The number of thiophene rings is 1. The van der Waals surface area contributed by atoms with E-state index in [1.54, 1.807) is 29.5 Å². The average molecular weight is 386 g/mol. The number of ether oxygens (including phenoxy) is 2. The molecule has 3 rings (SSSR count). The molecule has 0 unspecified atom stereocenters. The van der Waals surface area contributed by atoms with Crippen molar-refractivity contribution in [2.75, 3.05) is 38.7 Å². The largest absolute Gasteiger partial charge is 0.465 e. The van der Waals surface area contributed by atoms with Gasteiger partial charge in [0.1, 0.15) is 0 Å². The first-order valence-corrected chi connectivity index (χ1v) is 9.57. The molecule has 2 aromatic rings. The third-order valence-corrected chi connectivity index (χ3v) is 5.06. The van der Waals surface area contributed by atoms with Gasteiger partial charge in [-0.15, -0.1) is 11.3 Å². The van der Waals surface area contributed by atoms with Crippen molar-refractivity contribution in [1.82, 2.24) is 4.90 Å². The van der Waals surface area contributed by atoms with Crippen LogP contribution in [0.4, 0.5) is 5.69 Å². The van der Waals surface area contributed by atoms with Gasteiger partial charge in [-0.2, -0.15) is 0 Å². The molecule has 27 heavy (non-hydrogen) atoms. The Kier molecular flexibility index (Phi) is 6.75. The number of carbonyl (C=O) groups excluding carboxylic acids is 2. The van der Waals surface area contributed by atoms with Crippen LogP contribution in [-0.2, 0) is 20.8 Å². The molecular formula is C20H22N2O4S. The number of nitrogens with zero attached hydrogens (tertiary/aromatic N) is 1. The first-order chi connectivity index (χ1) is 13.2. The molecule has 0 radical (unpaired) electrons. The van der Waals surface area contributed by atoms with E-state index in [1.165, 1.54) is 13.2 Å². The third-order valence-electron chi connectivity index (χ3n) is 4.22. The highest BCUT2D eigenvalue weighted by Gasteiger charge is 2.17. The smallest absolute Gasteiger partial charge is 0.338 e. The van der Waals surface area contributed by atoms with Gasteiger partial charge in [0.05, 0.1) is 25.9 Å². The number of benzene rings is 1. The molecule has 2 heterocycles. The van der Waals surface area contributed by atoms with Crippen LogP contribution in [0.15, 0.2) is 41.8 Å². The topological polar surface area (TPSA) is 67.9 Å². The van der Waals surface area contributed by atoms with Crippen LogP contribution in [0.2, 0.25) is 0 Å². The molecule has 1 fully saturated rings. The summed E-state index contributed by atoms with van der Waals surface area (Å²) in [7, 11) is 1.36. The number of amides is 1. The second kappa shape index (κ2) is 9.45. The Hall–Kier alpha value is -2.48. The van der Waals surface area contributed by atoms with E-state index in [1.807, 2.05) is 23.6 Å². The van der Waals surface area contributed by atoms with Gasteiger partial charge in [0, 0.05) is 36.3 Å². The maximum atomic E-state index is 12.2. The van der Waals surface area contributed by atoms with E-state index < -0.39 is 5.97 Å². The Labute approximate surface area is 162 Å². The molecule has 1 amide bonds. The number of anilines is 1. The third kappa shape index (κ3) is 5.50. The summed E-state index contributed by atoms with van der Waals surface area (Å²) < 4.78 is 10.3. The van der Waals surface area contributed by atoms with Crippen LogP contribution in [0.3, 0.4) is 0 Å². The normalized spacial score (nSPS) is 15.0. The molecule has 1 aromatic heterocycles. The number of rotatable bonds is 6. The molecule has 0 saturated carbocycles. The number of nitrogens with one attached hydrogen (secondary N) is 1. The molecule has 1 saturated heterocycles. The molecule has 0 atom stereocenters. The van der Waals surface area contributed by atoms with Crippen molar-refractivity contribution in [1.29, 1.82) is 0 Å². The molecule has 142 valence electrons. The summed E-state index contributed by atoms with van der Waals surface area (Å²) in [5.41, 5.74) is 1.89. The number of carbonyl (C=O) groups is 2. The summed E-state index contributed by atoms with van der Waals surface area (Å²) in [5.74, 6) is -0.663. The molecule has 1 aromatic carbocycles. The predicted octanol–water partition coefficient (Wildman–Crippen LogP) is 3.02. The van der Waals surface area contributed by atoms with Gasteiger partial charge in [-0.1, -0.05) is 12.1 Å². The zero-order chi connectivity index (χ0) is 19.1. The van der Waals surface area contributed by atoms with Crippen LogP contribution < -0.4 is 5.32 Å². The minimum Gasteiger partial charge on any atom is -0.465 e. The number of esters is 1. The highest BCUT2D eigenvalue weighted by atomic mass is 32.1. The SMILES string of the molecule is COC(=O)c1cc(NC(=O)/C=C/c2cccs2)ccc1CN1CCOCC1. The van der Waals surface area contributed by atoms with Crippen molar-refractivity contribution in [2.24, 2.45) is 0 Å². The van der Waals surface area contributed by atoms with Crippen LogP contribution in [0, 0.1) is 0 Å². The lowest BCUT2D eigenvalue weighted by Crippen LogP contribution is -2.36. The summed E-state index contributed by atoms with van der Waals surface area (Å²) >= 11 is 1.56. The molecule has 6 nitrogen and oxygen atoms in total. The van der Waals surface area contributed by atoms with E-state index in [0.717, 1.165) is 23.5 Å². The lowest BCUT2D eigenvalue weighted by atomic mass is 10.1. The summed E-state index contributed by atoms with van der Waals surface area (Å²) in [4.78, 5) is 27.6. The molecule has 1 aliphatic rings. The fourth-order valence-electron chi connectivity index (χ4n) is 2.82. The fraction of sp³-hybridized carbons (Fsp3) is 0.300. The van der Waals surface area contributed by atoms with Crippen LogP contribution in [-0.4, -0.2) is 50.2 Å². The minimum absolute atomic E-state index is 0.250. The van der Waals surface area contributed by atoms with Crippen molar-refractivity contribution >= 4 is 35.0 Å². The van der Waals surface area contributed by atoms with Gasteiger partial charge >= 0.3 is 5.97 Å². The van der Waals surface area contributed by atoms with Crippen molar-refractivity contribution in [3.8, 4) is 0 Å². The monoisotopic (exact) mass is 386 g/mol. The second-order valence-electron chi connectivity index (χ2n) is 6.09. The highest BCUT2D eigenvalue weighted by Crippen LogP contribution is 2.20. The quantitative estimate of drug-likeness (QED) is 0.611. The molecule has 0 aliphatic carbocycles. The van der Waals surface area contributed by atoms with E-state index in [-0.39, 0.29) is 5.91 Å². The van der Waals surface area contributed by atoms with Gasteiger partial charge in [0.2, 0.25) is 5.91 Å². The van der Waals surface area contributed by atoms with Crippen LogP contribution in [0.25, 0.3) is 6.08 Å². The highest BCUT2D eigenvalue weighted by molar-refractivity contribution is 7.10. The Morgan fingerprint density at radius 2 is 2.11 bits per heavy atom. The molecular weight excluding hydrogens is 364 g/mol. The van der Waals surface area contributed by atoms with Crippen molar-refractivity contribution in [3.63, 3.8) is 0 Å². The standard InChI is InChI=1S/C20H22N2O4S/c1-25-20(24)18-13-16(21-19(23)7-6-17-3-2-12-27-17)5-4-15(18)14-22-8-10-26-11-9-22/h2-7,12-13H,8-11,14H2,1H3,(H,21,23)/b7-6+. The van der Waals surface area contributed by atoms with Gasteiger partial charge in [-0.3, -0.25) is 9.69 Å². The van der Waals surface area contributed by atoms with Crippen LogP contribution in [0.5, 0.6) is 0 Å². The van der Waals surface area contributed by atoms with Gasteiger partial charge < -0.3 is 14.8 Å². The van der Waals surface area contributed by atoms with E-state index in [4.69, 9.17) is 9.47 Å². The van der Waals surface area contributed by atoms with Crippen LogP contribution >= 0.6 is 11.3 Å². The predicted molar refractivity (Wildman–Crippen MR) is 106 cm³/mol. The zero-order valence-electron chi connectivity index (χ0n) is 15.1. The lowest BCUT2D eigenvalue weighted by molar-refractivity contribution is -0.111. The number of hydrogen-bond acceptors (Lipinski definition) is 6. The van der Waals surface area contributed by atoms with Crippen molar-refractivity contribution in [2.45, 2.75) is 6.54 Å². The van der Waals surface area contributed by atoms with E-state index in [0.29, 0.717) is 31.0 Å². The Balaban J connectivity index is 1.72. The van der Waals surface area contributed by atoms with Crippen LogP contribution in [0.1, 0.15) is 20.8 Å². The first-order valence-electron chi connectivity index (χ1n) is 8.69. The van der Waals surface area contributed by atoms with E-state index in [2.05, 4.69) is 10.2 Å². The minimum atomic E-state index is -0.413. The first kappa shape index (κ1) is 19.3. The van der Waals surface area contributed by atoms with Crippen molar-refractivity contribution in [3.05, 3.63) is 57.8 Å². The number of morpholine rings is 1. The number of methoxy groups -OCH3 is 1. The summed E-state index contributed by atoms with van der Waals surface area (Å²) in [6.45, 7) is 3.68. The maximum Gasteiger partial charge on any atom is 0.338 e. The van der Waals surface area contributed by atoms with Crippen molar-refractivity contribution < 1.29 is 19.1 Å². The summed E-state index contributed by atoms with van der Waals surface area (Å²) in [5, 5.41) is 4.74. The van der Waals surface area contributed by atoms with E-state index >= 15 is 0 Å². The molecule has 1 N–H and O–H groups in total. The molecule has 0 spiro atoms. The summed E-state index contributed by atoms with van der Waals surface area (Å²) in [6, 6.07) is 9.19. The summed E-state index contributed by atoms with van der Waals surface area (Å²) in [6.07, 6.45) is 3.24. The van der Waals surface area contributed by atoms with Gasteiger partial charge in [0.15, 0.2) is 0 Å². The molecule has 7 heteroatoms. The van der Waals surface area contributed by atoms with Gasteiger partial charge in [-0.25, -0.2) is 4.79 Å². The zero-order valence-corrected chi connectivity index (χ0v) is 16.0. The Morgan fingerprint density at radius 1 is 1.30 bits per heavy atom. The fourth-order valence-corrected chi connectivity index (χ4v) is 3.44. The van der Waals surface area contributed by atoms with Gasteiger partial charge in [-0.05, 0) is 35.2 Å². The van der Waals surface area contributed by atoms with Gasteiger partial charge in [0.25, 0.3) is 0 Å². The molecule has 0 bridgehead atoms. The molecule has 1 aliphatic heterocycles. The maximum absolute atomic E-state index is 12.2. The van der Waals surface area contributed by atoms with E-state index in [9.17, 15) is 9.59 Å². The lowest BCUT2D eigenvalue weighted by Gasteiger charge is -2.27. The number of hydrogen-bond donors (Lipinski definition) is 1. The Bertz CT molecular complexity index is 811. The average Bonchev–Trinajstić information content (AvgIpc) is 3.21. The Morgan fingerprint density at radius 3 is 2.81 bits per heavy atom.